The maximum Gasteiger partial charge on any atom is 0.293 e. The van der Waals surface area contributed by atoms with E-state index >= 15 is 0 Å². The molecular formula is C13H16N2O3S. The van der Waals surface area contributed by atoms with Crippen LogP contribution < -0.4 is 4.90 Å². The van der Waals surface area contributed by atoms with E-state index in [4.69, 9.17) is 4.42 Å². The van der Waals surface area contributed by atoms with Crippen LogP contribution in [0.25, 0.3) is 6.08 Å². The molecule has 6 heteroatoms. The second-order valence-electron chi connectivity index (χ2n) is 4.72. The molecule has 0 bridgehead atoms. The molecule has 0 unspecified atom stereocenters. The van der Waals surface area contributed by atoms with Crippen LogP contribution in [-0.4, -0.2) is 36.2 Å². The molecule has 1 fully saturated rings. The molecule has 1 aromatic heterocycles. The number of carbonyl (C=O) groups excluding carboxylic acids is 2. The molecule has 0 aromatic carbocycles. The molecule has 2 amide bonds. The van der Waals surface area contributed by atoms with Crippen molar-refractivity contribution in [3.05, 3.63) is 22.8 Å². The van der Waals surface area contributed by atoms with Gasteiger partial charge in [-0.3, -0.25) is 14.5 Å². The number of thioether (sulfide) groups is 1. The minimum atomic E-state index is -0.257. The van der Waals surface area contributed by atoms with E-state index in [1.54, 1.807) is 12.1 Å². The van der Waals surface area contributed by atoms with Crippen LogP contribution in [0.1, 0.15) is 19.6 Å². The Bertz CT molecular complexity index is 546. The summed E-state index contributed by atoms with van der Waals surface area (Å²) in [5.41, 5.74) is 0. The Labute approximate surface area is 116 Å². The maximum absolute atomic E-state index is 12.1. The van der Waals surface area contributed by atoms with E-state index in [9.17, 15) is 9.59 Å². The van der Waals surface area contributed by atoms with Crippen molar-refractivity contribution in [3.63, 3.8) is 0 Å². The minimum absolute atomic E-state index is 0.132. The van der Waals surface area contributed by atoms with Crippen LogP contribution in [0.5, 0.6) is 0 Å². The highest BCUT2D eigenvalue weighted by Crippen LogP contribution is 2.34. The molecule has 0 aliphatic carbocycles. The van der Waals surface area contributed by atoms with Crippen molar-refractivity contribution in [2.24, 2.45) is 0 Å². The quantitative estimate of drug-likeness (QED) is 0.797. The summed E-state index contributed by atoms with van der Waals surface area (Å²) in [5, 5.41) is -0.231. The number of furan rings is 1. The predicted octanol–water partition coefficient (Wildman–Crippen LogP) is 2.79. The first kappa shape index (κ1) is 13.7. The molecule has 5 nitrogen and oxygen atoms in total. The lowest BCUT2D eigenvalue weighted by atomic mass is 10.3. The number of anilines is 1. The number of nitrogens with zero attached hydrogens (tertiary/aromatic N) is 2. The van der Waals surface area contributed by atoms with Crippen molar-refractivity contribution in [1.29, 1.82) is 0 Å². The highest BCUT2D eigenvalue weighted by Gasteiger charge is 2.36. The summed E-state index contributed by atoms with van der Waals surface area (Å²) in [6, 6.07) is 3.46. The topological polar surface area (TPSA) is 53.8 Å². The average molecular weight is 280 g/mol. The first-order valence-electron chi connectivity index (χ1n) is 5.94. The van der Waals surface area contributed by atoms with E-state index < -0.39 is 0 Å². The lowest BCUT2D eigenvalue weighted by Crippen LogP contribution is -2.34. The van der Waals surface area contributed by atoms with Crippen LogP contribution in [0.2, 0.25) is 0 Å². The van der Waals surface area contributed by atoms with Crippen molar-refractivity contribution >= 4 is 34.9 Å². The van der Waals surface area contributed by atoms with Crippen molar-refractivity contribution in [3.8, 4) is 0 Å². The van der Waals surface area contributed by atoms with E-state index in [1.807, 2.05) is 38.9 Å². The summed E-state index contributed by atoms with van der Waals surface area (Å²) in [6.07, 6.45) is 1.61. The van der Waals surface area contributed by atoms with Crippen molar-refractivity contribution in [1.82, 2.24) is 4.90 Å². The van der Waals surface area contributed by atoms with Gasteiger partial charge < -0.3 is 9.32 Å². The zero-order valence-corrected chi connectivity index (χ0v) is 12.2. The Hall–Kier alpha value is -1.69. The van der Waals surface area contributed by atoms with Gasteiger partial charge in [0.15, 0.2) is 5.88 Å². The van der Waals surface area contributed by atoms with E-state index in [1.165, 1.54) is 4.90 Å². The van der Waals surface area contributed by atoms with E-state index in [-0.39, 0.29) is 17.2 Å². The zero-order chi connectivity index (χ0) is 14.2. The highest BCUT2D eigenvalue weighted by molar-refractivity contribution is 8.18. The molecule has 0 spiro atoms. The molecule has 1 aliphatic heterocycles. The van der Waals surface area contributed by atoms with Crippen LogP contribution in [0, 0.1) is 0 Å². The monoisotopic (exact) mass is 280 g/mol. The second kappa shape index (κ2) is 5.13. The van der Waals surface area contributed by atoms with Crippen LogP contribution in [0.4, 0.5) is 10.7 Å². The number of rotatable bonds is 3. The molecular weight excluding hydrogens is 264 g/mol. The molecule has 2 rings (SSSR count). The molecule has 0 radical (unpaired) electrons. The number of carbonyl (C=O) groups is 2. The fourth-order valence-corrected chi connectivity index (χ4v) is 2.66. The first-order valence-corrected chi connectivity index (χ1v) is 6.76. The number of hydrogen-bond donors (Lipinski definition) is 0. The maximum atomic E-state index is 12.1. The van der Waals surface area contributed by atoms with Crippen molar-refractivity contribution < 1.29 is 14.0 Å². The third-order valence-corrected chi connectivity index (χ3v) is 3.55. The summed E-state index contributed by atoms with van der Waals surface area (Å²) >= 11 is 0.948. The summed E-state index contributed by atoms with van der Waals surface area (Å²) in [4.78, 5) is 27.3. The summed E-state index contributed by atoms with van der Waals surface area (Å²) < 4.78 is 5.54. The van der Waals surface area contributed by atoms with Gasteiger partial charge in [-0.15, -0.1) is 0 Å². The van der Waals surface area contributed by atoms with Crippen molar-refractivity contribution in [2.75, 3.05) is 19.0 Å². The third kappa shape index (κ3) is 2.68. The molecule has 1 aromatic rings. The molecule has 0 saturated carbocycles. The van der Waals surface area contributed by atoms with Gasteiger partial charge in [-0.2, -0.15) is 0 Å². The van der Waals surface area contributed by atoms with Crippen LogP contribution >= 0.6 is 11.8 Å². The first-order chi connectivity index (χ1) is 8.90. The zero-order valence-electron chi connectivity index (χ0n) is 11.3. The van der Waals surface area contributed by atoms with Gasteiger partial charge in [-0.1, -0.05) is 0 Å². The molecule has 2 heterocycles. The molecule has 0 N–H and O–H groups in total. The summed E-state index contributed by atoms with van der Waals surface area (Å²) in [5.74, 6) is 1.01. The summed E-state index contributed by atoms with van der Waals surface area (Å²) in [6.45, 7) is 3.63. The highest BCUT2D eigenvalue weighted by atomic mass is 32.2. The smallest absolute Gasteiger partial charge is 0.293 e. The Balaban J connectivity index is 2.24. The molecule has 1 saturated heterocycles. The minimum Gasteiger partial charge on any atom is -0.441 e. The van der Waals surface area contributed by atoms with Gasteiger partial charge in [0.1, 0.15) is 5.76 Å². The normalized spacial score (nSPS) is 17.9. The fourth-order valence-electron chi connectivity index (χ4n) is 1.71. The lowest BCUT2D eigenvalue weighted by Gasteiger charge is -2.16. The van der Waals surface area contributed by atoms with Gasteiger partial charge >= 0.3 is 0 Å². The van der Waals surface area contributed by atoms with Gasteiger partial charge in [0.05, 0.1) is 4.91 Å². The second-order valence-corrected chi connectivity index (χ2v) is 5.71. The van der Waals surface area contributed by atoms with Crippen LogP contribution in [0.3, 0.4) is 0 Å². The van der Waals surface area contributed by atoms with Gasteiger partial charge in [-0.05, 0) is 31.7 Å². The number of hydrogen-bond acceptors (Lipinski definition) is 5. The Kier molecular flexibility index (Phi) is 3.71. The Morgan fingerprint density at radius 3 is 2.47 bits per heavy atom. The van der Waals surface area contributed by atoms with E-state index in [0.717, 1.165) is 11.8 Å². The molecule has 19 heavy (non-hydrogen) atoms. The average Bonchev–Trinajstić information content (AvgIpc) is 2.85. The van der Waals surface area contributed by atoms with Crippen LogP contribution in [-0.2, 0) is 4.79 Å². The molecule has 0 atom stereocenters. The number of amides is 2. The number of imide groups is 1. The SMILES string of the molecule is CC(C)N1C(=O)SC(=Cc2ccc(N(C)C)o2)C1=O. The molecule has 102 valence electrons. The van der Waals surface area contributed by atoms with E-state index in [2.05, 4.69) is 0 Å². The Morgan fingerprint density at radius 1 is 1.32 bits per heavy atom. The van der Waals surface area contributed by atoms with Gasteiger partial charge in [-0.25, -0.2) is 0 Å². The van der Waals surface area contributed by atoms with Gasteiger partial charge in [0, 0.05) is 32.3 Å². The van der Waals surface area contributed by atoms with Crippen molar-refractivity contribution in [2.45, 2.75) is 19.9 Å². The largest absolute Gasteiger partial charge is 0.441 e. The van der Waals surface area contributed by atoms with E-state index in [0.29, 0.717) is 16.5 Å². The third-order valence-electron chi connectivity index (χ3n) is 2.67. The van der Waals surface area contributed by atoms with Gasteiger partial charge in [0.2, 0.25) is 0 Å². The Morgan fingerprint density at radius 2 is 2.00 bits per heavy atom. The summed E-state index contributed by atoms with van der Waals surface area (Å²) in [7, 11) is 3.74. The molecule has 1 aliphatic rings. The standard InChI is InChI=1S/C13H16N2O3S/c1-8(2)15-12(16)10(19-13(15)17)7-9-5-6-11(18-9)14(3)4/h5-8H,1-4H3. The lowest BCUT2D eigenvalue weighted by molar-refractivity contribution is -0.123. The predicted molar refractivity (Wildman–Crippen MR) is 76.0 cm³/mol. The van der Waals surface area contributed by atoms with Gasteiger partial charge in [0.25, 0.3) is 11.1 Å². The van der Waals surface area contributed by atoms with Crippen LogP contribution in [0.15, 0.2) is 21.5 Å². The fraction of sp³-hybridized carbons (Fsp3) is 0.385.